The molecular weight excluding hydrogens is 360 g/mol. The average Bonchev–Trinajstić information content (AvgIpc) is 2.94. The molecule has 0 heterocycles. The molecule has 0 aromatic heterocycles. The van der Waals surface area contributed by atoms with Gasteiger partial charge in [-0.25, -0.2) is 0 Å². The third-order valence-corrected chi connectivity index (χ3v) is 5.82. The summed E-state index contributed by atoms with van der Waals surface area (Å²) in [5.74, 6) is 0.225. The standard InChI is InChI=1S/C26H40O3/c27-25(24-19-13-9-14-20-24)22-29-26(28)21-15-6-4-2-1-3-5-10-16-23-17-11-7-8-12-18-23/h9,13-14,19-20,23H,1-8,10-12,15-18,21-22H2/i7D,11D. The predicted molar refractivity (Wildman–Crippen MR) is 119 cm³/mol. The number of ketones is 1. The largest absolute Gasteiger partial charge is 0.457 e. The Bertz CT molecular complexity index is 635. The van der Waals surface area contributed by atoms with Crippen molar-refractivity contribution >= 4 is 11.8 Å². The Labute approximate surface area is 180 Å². The van der Waals surface area contributed by atoms with Crippen molar-refractivity contribution in [3.8, 4) is 0 Å². The molecule has 29 heavy (non-hydrogen) atoms. The van der Waals surface area contributed by atoms with Gasteiger partial charge in [-0.05, 0) is 12.3 Å². The Balaban J connectivity index is 1.38. The monoisotopic (exact) mass is 402 g/mol. The van der Waals surface area contributed by atoms with Gasteiger partial charge >= 0.3 is 5.97 Å². The van der Waals surface area contributed by atoms with Gasteiger partial charge in [-0.2, -0.15) is 0 Å². The molecule has 0 bridgehead atoms. The molecule has 2 rings (SSSR count). The number of hydrogen-bond acceptors (Lipinski definition) is 3. The molecule has 3 nitrogen and oxygen atoms in total. The van der Waals surface area contributed by atoms with Gasteiger partial charge in [0.1, 0.15) is 0 Å². The van der Waals surface area contributed by atoms with E-state index in [-0.39, 0.29) is 31.2 Å². The van der Waals surface area contributed by atoms with Crippen LogP contribution in [0.2, 0.25) is 0 Å². The molecule has 0 spiro atoms. The smallest absolute Gasteiger partial charge is 0.306 e. The Hall–Kier alpha value is -1.64. The minimum atomic E-state index is -0.283. The average molecular weight is 403 g/mol. The van der Waals surface area contributed by atoms with E-state index in [0.29, 0.717) is 17.9 Å². The molecule has 1 saturated carbocycles. The molecule has 3 atom stereocenters. The molecule has 1 aliphatic rings. The summed E-state index contributed by atoms with van der Waals surface area (Å²) in [6.07, 6.45) is 14.7. The fourth-order valence-electron chi connectivity index (χ4n) is 4.00. The maximum Gasteiger partial charge on any atom is 0.306 e. The first-order valence-electron chi connectivity index (χ1n) is 12.8. The number of Topliss-reactive ketones (excluding diaryl/α,β-unsaturated/α-hetero) is 1. The SMILES string of the molecule is [2H]C1CCCC(CCCCCCCCCCC(=O)OCC(=O)c2ccccc2)CC1[2H]. The number of ether oxygens (including phenoxy) is 1. The summed E-state index contributed by atoms with van der Waals surface area (Å²) >= 11 is 0. The second-order valence-electron chi connectivity index (χ2n) is 8.32. The van der Waals surface area contributed by atoms with E-state index in [0.717, 1.165) is 38.5 Å². The van der Waals surface area contributed by atoms with Gasteiger partial charge in [0, 0.05) is 14.7 Å². The van der Waals surface area contributed by atoms with Gasteiger partial charge in [0.15, 0.2) is 12.4 Å². The Morgan fingerprint density at radius 2 is 1.55 bits per heavy atom. The first kappa shape index (κ1) is 20.6. The summed E-state index contributed by atoms with van der Waals surface area (Å²) in [6.45, 7) is -0.171. The second kappa shape index (κ2) is 15.2. The van der Waals surface area contributed by atoms with Crippen LogP contribution in [-0.2, 0) is 9.53 Å². The van der Waals surface area contributed by atoms with Crippen LogP contribution in [-0.4, -0.2) is 18.4 Å². The van der Waals surface area contributed by atoms with Gasteiger partial charge in [-0.15, -0.1) is 0 Å². The highest BCUT2D eigenvalue weighted by molar-refractivity contribution is 5.97. The highest BCUT2D eigenvalue weighted by atomic mass is 16.5. The van der Waals surface area contributed by atoms with E-state index < -0.39 is 0 Å². The van der Waals surface area contributed by atoms with E-state index in [1.54, 1.807) is 24.3 Å². The Morgan fingerprint density at radius 3 is 2.31 bits per heavy atom. The minimum Gasteiger partial charge on any atom is -0.457 e. The van der Waals surface area contributed by atoms with E-state index in [9.17, 15) is 9.59 Å². The number of hydrogen-bond donors (Lipinski definition) is 0. The van der Waals surface area contributed by atoms with Gasteiger partial charge in [0.2, 0.25) is 0 Å². The Kier molecular flexibility index (Phi) is 10.8. The molecule has 1 aliphatic carbocycles. The van der Waals surface area contributed by atoms with Crippen molar-refractivity contribution in [3.63, 3.8) is 0 Å². The third-order valence-electron chi connectivity index (χ3n) is 5.82. The van der Waals surface area contributed by atoms with Crippen molar-refractivity contribution in [3.05, 3.63) is 35.9 Å². The van der Waals surface area contributed by atoms with Crippen LogP contribution in [0.15, 0.2) is 30.3 Å². The van der Waals surface area contributed by atoms with Crippen molar-refractivity contribution in [2.75, 3.05) is 6.61 Å². The van der Waals surface area contributed by atoms with Crippen LogP contribution in [0.5, 0.6) is 0 Å². The fraction of sp³-hybridized carbons (Fsp3) is 0.692. The van der Waals surface area contributed by atoms with E-state index in [1.807, 2.05) is 6.07 Å². The molecule has 0 radical (unpaired) electrons. The van der Waals surface area contributed by atoms with Crippen LogP contribution in [0.3, 0.4) is 0 Å². The molecule has 1 fully saturated rings. The molecule has 0 amide bonds. The first-order chi connectivity index (χ1) is 15.1. The zero-order valence-electron chi connectivity index (χ0n) is 20.0. The number of rotatable bonds is 14. The molecule has 3 unspecified atom stereocenters. The van der Waals surface area contributed by atoms with Gasteiger partial charge in [-0.1, -0.05) is 120 Å². The normalized spacial score (nSPS) is 23.0. The number of carbonyl (C=O) groups excluding carboxylic acids is 2. The lowest BCUT2D eigenvalue weighted by Crippen LogP contribution is -2.13. The third kappa shape index (κ3) is 11.2. The number of esters is 1. The highest BCUT2D eigenvalue weighted by Crippen LogP contribution is 2.27. The zero-order chi connectivity index (χ0) is 22.3. The summed E-state index contributed by atoms with van der Waals surface area (Å²) in [5, 5.41) is 0. The molecule has 0 N–H and O–H groups in total. The van der Waals surface area contributed by atoms with Crippen molar-refractivity contribution in [1.29, 1.82) is 0 Å². The van der Waals surface area contributed by atoms with Gasteiger partial charge in [0.05, 0.1) is 0 Å². The number of carbonyl (C=O) groups is 2. The van der Waals surface area contributed by atoms with Gasteiger partial charge in [-0.3, -0.25) is 9.59 Å². The van der Waals surface area contributed by atoms with Crippen LogP contribution >= 0.6 is 0 Å². The van der Waals surface area contributed by atoms with Crippen molar-refractivity contribution in [2.45, 2.75) is 103 Å². The van der Waals surface area contributed by atoms with Crippen LogP contribution < -0.4 is 0 Å². The van der Waals surface area contributed by atoms with Crippen LogP contribution in [0.25, 0.3) is 0 Å². The second-order valence-corrected chi connectivity index (χ2v) is 8.32. The lowest BCUT2D eigenvalue weighted by Gasteiger charge is -2.13. The maximum atomic E-state index is 11.9. The van der Waals surface area contributed by atoms with E-state index >= 15 is 0 Å². The summed E-state index contributed by atoms with van der Waals surface area (Å²) in [5.41, 5.74) is 0.576. The maximum absolute atomic E-state index is 11.9. The van der Waals surface area contributed by atoms with Crippen LogP contribution in [0.1, 0.15) is 116 Å². The zero-order valence-corrected chi connectivity index (χ0v) is 18.0. The molecular formula is C26H40O3. The topological polar surface area (TPSA) is 43.4 Å². The van der Waals surface area contributed by atoms with Crippen LogP contribution in [0, 0.1) is 5.92 Å². The summed E-state index contributed by atoms with van der Waals surface area (Å²) in [7, 11) is 0. The molecule has 162 valence electrons. The molecule has 1 aromatic carbocycles. The van der Waals surface area contributed by atoms with Crippen molar-refractivity contribution in [2.24, 2.45) is 5.92 Å². The highest BCUT2D eigenvalue weighted by Gasteiger charge is 2.11. The molecule has 1 aromatic rings. The first-order valence-corrected chi connectivity index (χ1v) is 11.6. The van der Waals surface area contributed by atoms with E-state index in [4.69, 9.17) is 7.48 Å². The fourth-order valence-corrected chi connectivity index (χ4v) is 4.00. The lowest BCUT2D eigenvalue weighted by atomic mass is 9.93. The van der Waals surface area contributed by atoms with Crippen molar-refractivity contribution in [1.82, 2.24) is 0 Å². The summed E-state index contributed by atoms with van der Waals surface area (Å²) < 4.78 is 21.1. The summed E-state index contributed by atoms with van der Waals surface area (Å²) in [6, 6.07) is 8.91. The Morgan fingerprint density at radius 1 is 0.862 bits per heavy atom. The summed E-state index contributed by atoms with van der Waals surface area (Å²) in [4.78, 5) is 23.7. The van der Waals surface area contributed by atoms with Gasteiger partial charge < -0.3 is 4.74 Å². The predicted octanol–water partition coefficient (Wildman–Crippen LogP) is 7.28. The van der Waals surface area contributed by atoms with E-state index in [2.05, 4.69) is 0 Å². The molecule has 3 heteroatoms. The van der Waals surface area contributed by atoms with Crippen molar-refractivity contribution < 1.29 is 17.1 Å². The quantitative estimate of drug-likeness (QED) is 0.142. The van der Waals surface area contributed by atoms with E-state index in [1.165, 1.54) is 44.9 Å². The lowest BCUT2D eigenvalue weighted by molar-refractivity contribution is -0.142. The minimum absolute atomic E-state index is 0.159. The molecule has 0 aliphatic heterocycles. The van der Waals surface area contributed by atoms with Crippen LogP contribution in [0.4, 0.5) is 0 Å². The van der Waals surface area contributed by atoms with Gasteiger partial charge in [0.25, 0.3) is 0 Å². The number of benzene rings is 1. The molecule has 0 saturated heterocycles. The number of unbranched alkanes of at least 4 members (excludes halogenated alkanes) is 7.